The molecule has 4 rings (SSSR count). The van der Waals surface area contributed by atoms with Crippen molar-refractivity contribution in [2.45, 2.75) is 26.1 Å². The van der Waals surface area contributed by atoms with Crippen molar-refractivity contribution in [2.75, 3.05) is 0 Å². The molecular weight excluding hydrogens is 391 g/mol. The molecule has 3 aromatic carbocycles. The predicted octanol–water partition coefficient (Wildman–Crippen LogP) is 5.56. The van der Waals surface area contributed by atoms with Crippen LogP contribution in [-0.2, 0) is 26.1 Å². The largest absolute Gasteiger partial charge is 0.483 e. The third kappa shape index (κ3) is 6.12. The van der Waals surface area contributed by atoms with Gasteiger partial charge in [0.1, 0.15) is 19.0 Å². The first kappa shape index (κ1) is 20.5. The Hall–Kier alpha value is -3.73. The predicted molar refractivity (Wildman–Crippen MR) is 117 cm³/mol. The highest BCUT2D eigenvalue weighted by Crippen LogP contribution is 2.27. The van der Waals surface area contributed by atoms with Gasteiger partial charge in [-0.1, -0.05) is 72.8 Å². The molecule has 0 radical (unpaired) electrons. The van der Waals surface area contributed by atoms with Crippen molar-refractivity contribution in [1.82, 2.24) is 10.2 Å². The van der Waals surface area contributed by atoms with Crippen LogP contribution in [0.4, 0.5) is 4.39 Å². The first-order chi connectivity index (χ1) is 15.3. The Morgan fingerprint density at radius 1 is 0.613 bits per heavy atom. The highest BCUT2D eigenvalue weighted by molar-refractivity contribution is 5.34. The lowest BCUT2D eigenvalue weighted by atomic mass is 10.1. The Kier molecular flexibility index (Phi) is 6.85. The van der Waals surface area contributed by atoms with Crippen molar-refractivity contribution in [1.29, 1.82) is 0 Å². The molecule has 1 heterocycles. The van der Waals surface area contributed by atoms with Crippen LogP contribution < -0.4 is 9.47 Å². The van der Waals surface area contributed by atoms with Crippen LogP contribution in [0.3, 0.4) is 0 Å². The number of benzene rings is 3. The van der Waals surface area contributed by atoms with E-state index in [0.717, 1.165) is 28.8 Å². The van der Waals surface area contributed by atoms with Gasteiger partial charge < -0.3 is 9.47 Å². The number of hydrogen-bond acceptors (Lipinski definition) is 4. The summed E-state index contributed by atoms with van der Waals surface area (Å²) in [5.41, 5.74) is 3.93. The van der Waals surface area contributed by atoms with E-state index >= 15 is 0 Å². The zero-order chi connectivity index (χ0) is 21.3. The minimum absolute atomic E-state index is 0.236. The summed E-state index contributed by atoms with van der Waals surface area (Å²) in [7, 11) is 0. The first-order valence-corrected chi connectivity index (χ1v) is 10.2. The van der Waals surface area contributed by atoms with Gasteiger partial charge in [0.25, 0.3) is 5.88 Å². The normalized spacial score (nSPS) is 10.6. The van der Waals surface area contributed by atoms with Crippen LogP contribution in [0.5, 0.6) is 11.6 Å². The van der Waals surface area contributed by atoms with Crippen LogP contribution in [0, 0.1) is 5.82 Å². The Balaban J connectivity index is 1.48. The fourth-order valence-corrected chi connectivity index (χ4v) is 3.11. The summed E-state index contributed by atoms with van der Waals surface area (Å²) in [6.07, 6.45) is 1.40. The summed E-state index contributed by atoms with van der Waals surface area (Å²) in [4.78, 5) is 0. The lowest BCUT2D eigenvalue weighted by molar-refractivity contribution is 0.243. The smallest absolute Gasteiger partial charge is 0.276 e. The molecule has 0 aliphatic rings. The van der Waals surface area contributed by atoms with E-state index < -0.39 is 0 Å². The Bertz CT molecular complexity index is 1090. The van der Waals surface area contributed by atoms with E-state index in [4.69, 9.17) is 9.47 Å². The molecule has 156 valence electrons. The molecule has 0 amide bonds. The number of hydrogen-bond donors (Lipinski definition) is 0. The van der Waals surface area contributed by atoms with Crippen molar-refractivity contribution in [3.63, 3.8) is 0 Å². The molecule has 0 aliphatic heterocycles. The van der Waals surface area contributed by atoms with E-state index in [1.807, 2.05) is 66.7 Å². The van der Waals surface area contributed by atoms with Gasteiger partial charge in [0, 0.05) is 6.07 Å². The molecule has 4 nitrogen and oxygen atoms in total. The van der Waals surface area contributed by atoms with Gasteiger partial charge in [-0.2, -0.15) is 5.10 Å². The number of aryl methyl sites for hydroxylation is 2. The summed E-state index contributed by atoms with van der Waals surface area (Å²) < 4.78 is 25.1. The minimum atomic E-state index is -0.236. The van der Waals surface area contributed by atoms with Crippen molar-refractivity contribution >= 4 is 0 Å². The lowest BCUT2D eigenvalue weighted by Crippen LogP contribution is -2.05. The molecular formula is C26H23FN2O2. The highest BCUT2D eigenvalue weighted by Gasteiger charge is 2.12. The lowest BCUT2D eigenvalue weighted by Gasteiger charge is -2.13. The molecule has 0 saturated carbocycles. The molecule has 0 bridgehead atoms. The van der Waals surface area contributed by atoms with Gasteiger partial charge in [-0.15, -0.1) is 5.10 Å². The second-order valence-electron chi connectivity index (χ2n) is 7.18. The molecule has 0 spiro atoms. The molecule has 0 fully saturated rings. The second kappa shape index (κ2) is 10.3. The Labute approximate surface area is 181 Å². The number of rotatable bonds is 9. The van der Waals surface area contributed by atoms with Crippen molar-refractivity contribution in [2.24, 2.45) is 0 Å². The van der Waals surface area contributed by atoms with Crippen molar-refractivity contribution in [3.05, 3.63) is 119 Å². The van der Waals surface area contributed by atoms with Crippen molar-refractivity contribution in [3.8, 4) is 11.6 Å². The first-order valence-electron chi connectivity index (χ1n) is 10.2. The quantitative estimate of drug-likeness (QED) is 0.360. The van der Waals surface area contributed by atoms with Crippen LogP contribution in [0.25, 0.3) is 0 Å². The summed E-state index contributed by atoms with van der Waals surface area (Å²) in [6.45, 7) is 0.789. The van der Waals surface area contributed by atoms with E-state index in [0.29, 0.717) is 31.3 Å². The van der Waals surface area contributed by atoms with Crippen LogP contribution in [0.1, 0.15) is 22.4 Å². The number of ether oxygens (including phenoxy) is 2. The van der Waals surface area contributed by atoms with Crippen LogP contribution in [0.2, 0.25) is 0 Å². The maximum atomic E-state index is 13.1. The van der Waals surface area contributed by atoms with Gasteiger partial charge in [0.15, 0.2) is 5.75 Å². The summed E-state index contributed by atoms with van der Waals surface area (Å²) in [6, 6.07) is 28.2. The van der Waals surface area contributed by atoms with Gasteiger partial charge in [0.2, 0.25) is 0 Å². The second-order valence-corrected chi connectivity index (χ2v) is 7.18. The fourth-order valence-electron chi connectivity index (χ4n) is 3.11. The molecule has 1 aromatic heterocycles. The van der Waals surface area contributed by atoms with Gasteiger partial charge in [-0.3, -0.25) is 0 Å². The maximum absolute atomic E-state index is 13.1. The van der Waals surface area contributed by atoms with E-state index in [1.165, 1.54) is 12.1 Å². The van der Waals surface area contributed by atoms with Crippen molar-refractivity contribution < 1.29 is 13.9 Å². The van der Waals surface area contributed by atoms with E-state index in [2.05, 4.69) is 10.2 Å². The third-order valence-corrected chi connectivity index (χ3v) is 4.82. The number of aromatic nitrogens is 2. The standard InChI is InChI=1S/C26H23FN2O2/c27-23-14-11-20(12-15-23)13-16-24-17-25(30-18-21-7-3-1-4-8-21)26(29-28-24)31-19-22-9-5-2-6-10-22/h1-12,14-15,17H,13,16,18-19H2. The molecule has 0 aliphatic carbocycles. The molecule has 0 N–H and O–H groups in total. The third-order valence-electron chi connectivity index (χ3n) is 4.82. The van der Waals surface area contributed by atoms with Gasteiger partial charge in [0.05, 0.1) is 5.69 Å². The van der Waals surface area contributed by atoms with E-state index in [1.54, 1.807) is 12.1 Å². The average Bonchev–Trinajstić information content (AvgIpc) is 2.83. The molecule has 31 heavy (non-hydrogen) atoms. The zero-order valence-corrected chi connectivity index (χ0v) is 17.1. The van der Waals surface area contributed by atoms with E-state index in [-0.39, 0.29) is 5.82 Å². The SMILES string of the molecule is Fc1ccc(CCc2cc(OCc3ccccc3)c(OCc3ccccc3)nn2)cc1. The number of nitrogens with zero attached hydrogens (tertiary/aromatic N) is 2. The Morgan fingerprint density at radius 3 is 1.87 bits per heavy atom. The molecule has 5 heteroatoms. The molecule has 0 saturated heterocycles. The molecule has 0 unspecified atom stereocenters. The van der Waals surface area contributed by atoms with Crippen LogP contribution in [-0.4, -0.2) is 10.2 Å². The summed E-state index contributed by atoms with van der Waals surface area (Å²) in [5.74, 6) is 0.689. The van der Waals surface area contributed by atoms with Crippen LogP contribution in [0.15, 0.2) is 91.0 Å². The fraction of sp³-hybridized carbons (Fsp3) is 0.154. The Morgan fingerprint density at radius 2 is 1.23 bits per heavy atom. The van der Waals surface area contributed by atoms with Gasteiger partial charge in [-0.25, -0.2) is 4.39 Å². The molecule has 0 atom stereocenters. The monoisotopic (exact) mass is 414 g/mol. The number of halogens is 1. The van der Waals surface area contributed by atoms with Gasteiger partial charge in [-0.05, 0) is 41.7 Å². The average molecular weight is 414 g/mol. The van der Waals surface area contributed by atoms with Gasteiger partial charge >= 0.3 is 0 Å². The summed E-state index contributed by atoms with van der Waals surface area (Å²) in [5, 5.41) is 8.59. The molecule has 4 aromatic rings. The summed E-state index contributed by atoms with van der Waals surface area (Å²) >= 11 is 0. The van der Waals surface area contributed by atoms with E-state index in [9.17, 15) is 4.39 Å². The topological polar surface area (TPSA) is 44.2 Å². The van der Waals surface area contributed by atoms with Crippen LogP contribution >= 0.6 is 0 Å². The zero-order valence-electron chi connectivity index (χ0n) is 17.1. The minimum Gasteiger partial charge on any atom is -0.483 e. The maximum Gasteiger partial charge on any atom is 0.276 e. The highest BCUT2D eigenvalue weighted by atomic mass is 19.1.